The van der Waals surface area contributed by atoms with Crippen LogP contribution in [0.25, 0.3) is 33.4 Å². The number of carbonyl (C=O) groups excluding carboxylic acids is 2. The SMILES string of the molecule is CNC(=O)c1cc(Cl)nc2c(-c3ccc(C)nc3)c(-c3ccnc(NC(C)=O)c3)[nH]c12. The molecule has 0 atom stereocenters. The minimum atomic E-state index is -0.288. The third-order valence-electron chi connectivity index (χ3n) is 4.75. The molecular formula is C22H19ClN6O2. The molecule has 2 amide bonds. The maximum atomic E-state index is 12.5. The van der Waals surface area contributed by atoms with Gasteiger partial charge in [-0.15, -0.1) is 0 Å². The molecule has 4 aromatic rings. The Labute approximate surface area is 183 Å². The van der Waals surface area contributed by atoms with Gasteiger partial charge in [-0.2, -0.15) is 0 Å². The van der Waals surface area contributed by atoms with Crippen LogP contribution in [-0.4, -0.2) is 38.8 Å². The summed E-state index contributed by atoms with van der Waals surface area (Å²) in [5, 5.41) is 5.52. The van der Waals surface area contributed by atoms with E-state index in [9.17, 15) is 9.59 Å². The first-order valence-electron chi connectivity index (χ1n) is 9.48. The first-order chi connectivity index (χ1) is 14.9. The molecule has 0 aliphatic heterocycles. The average molecular weight is 435 g/mol. The molecule has 0 aromatic carbocycles. The first kappa shape index (κ1) is 20.5. The van der Waals surface area contributed by atoms with Crippen molar-refractivity contribution in [3.63, 3.8) is 0 Å². The zero-order valence-corrected chi connectivity index (χ0v) is 17.8. The summed E-state index contributed by atoms with van der Waals surface area (Å²) in [6.07, 6.45) is 3.35. The number of amides is 2. The van der Waals surface area contributed by atoms with Crippen molar-refractivity contribution in [1.82, 2.24) is 25.3 Å². The topological polar surface area (TPSA) is 113 Å². The minimum Gasteiger partial charge on any atom is -0.355 e. The first-order valence-corrected chi connectivity index (χ1v) is 9.86. The normalized spacial score (nSPS) is 10.8. The Morgan fingerprint density at radius 2 is 1.90 bits per heavy atom. The number of aryl methyl sites for hydroxylation is 1. The number of carbonyl (C=O) groups is 2. The van der Waals surface area contributed by atoms with E-state index in [1.807, 2.05) is 25.1 Å². The minimum absolute atomic E-state index is 0.201. The molecule has 31 heavy (non-hydrogen) atoms. The van der Waals surface area contributed by atoms with Crippen LogP contribution in [0.2, 0.25) is 5.15 Å². The molecule has 9 heteroatoms. The zero-order valence-electron chi connectivity index (χ0n) is 17.1. The number of fused-ring (bicyclic) bond motifs is 1. The number of rotatable bonds is 4. The van der Waals surface area contributed by atoms with Gasteiger partial charge in [-0.1, -0.05) is 17.7 Å². The zero-order chi connectivity index (χ0) is 22.1. The van der Waals surface area contributed by atoms with Crippen molar-refractivity contribution in [2.24, 2.45) is 0 Å². The van der Waals surface area contributed by atoms with Crippen LogP contribution in [0.4, 0.5) is 5.82 Å². The molecule has 0 aliphatic carbocycles. The summed E-state index contributed by atoms with van der Waals surface area (Å²) in [6.45, 7) is 3.32. The molecule has 4 rings (SSSR count). The second-order valence-electron chi connectivity index (χ2n) is 6.97. The molecule has 0 aliphatic rings. The molecule has 0 fully saturated rings. The number of nitrogens with zero attached hydrogens (tertiary/aromatic N) is 3. The fourth-order valence-electron chi connectivity index (χ4n) is 3.39. The van der Waals surface area contributed by atoms with Crippen LogP contribution in [0, 0.1) is 6.92 Å². The monoisotopic (exact) mass is 434 g/mol. The number of aromatic amines is 1. The van der Waals surface area contributed by atoms with E-state index in [1.54, 1.807) is 25.5 Å². The van der Waals surface area contributed by atoms with Crippen LogP contribution in [0.15, 0.2) is 42.7 Å². The van der Waals surface area contributed by atoms with Gasteiger partial charge in [0.1, 0.15) is 11.0 Å². The highest BCUT2D eigenvalue weighted by atomic mass is 35.5. The second kappa shape index (κ2) is 8.16. The molecule has 156 valence electrons. The number of aromatic nitrogens is 4. The second-order valence-corrected chi connectivity index (χ2v) is 7.36. The standard InChI is InChI=1S/C22H19ClN6O2/c1-11-4-5-14(10-26-11)18-19(13-6-7-25-17(8-13)27-12(2)30)29-20-15(22(31)24-3)9-16(23)28-21(18)20/h4-10,29H,1-3H3,(H,24,31)(H,25,27,30). The number of hydrogen-bond acceptors (Lipinski definition) is 5. The summed E-state index contributed by atoms with van der Waals surface area (Å²) in [5.74, 6) is -0.0990. The third kappa shape index (κ3) is 3.97. The summed E-state index contributed by atoms with van der Waals surface area (Å²) >= 11 is 6.27. The van der Waals surface area contributed by atoms with Crippen molar-refractivity contribution in [3.8, 4) is 22.4 Å². The lowest BCUT2D eigenvalue weighted by Gasteiger charge is -2.07. The van der Waals surface area contributed by atoms with Crippen LogP contribution >= 0.6 is 11.6 Å². The molecule has 0 radical (unpaired) electrons. The van der Waals surface area contributed by atoms with E-state index in [-0.39, 0.29) is 17.0 Å². The van der Waals surface area contributed by atoms with Gasteiger partial charge < -0.3 is 15.6 Å². The molecule has 0 bridgehead atoms. The fraction of sp³-hybridized carbons (Fsp3) is 0.136. The molecule has 0 saturated carbocycles. The van der Waals surface area contributed by atoms with Crippen LogP contribution < -0.4 is 10.6 Å². The van der Waals surface area contributed by atoms with Crippen LogP contribution in [0.5, 0.6) is 0 Å². The van der Waals surface area contributed by atoms with E-state index in [2.05, 4.69) is 30.6 Å². The fourth-order valence-corrected chi connectivity index (χ4v) is 3.58. The van der Waals surface area contributed by atoms with Gasteiger partial charge in [0.15, 0.2) is 0 Å². The van der Waals surface area contributed by atoms with Gasteiger partial charge >= 0.3 is 0 Å². The molecule has 4 aromatic heterocycles. The van der Waals surface area contributed by atoms with Gasteiger partial charge in [0.05, 0.1) is 22.3 Å². The maximum Gasteiger partial charge on any atom is 0.253 e. The van der Waals surface area contributed by atoms with Crippen LogP contribution in [-0.2, 0) is 4.79 Å². The molecule has 8 nitrogen and oxygen atoms in total. The number of hydrogen-bond donors (Lipinski definition) is 3. The van der Waals surface area contributed by atoms with Gasteiger partial charge in [-0.05, 0) is 31.2 Å². The lowest BCUT2D eigenvalue weighted by atomic mass is 10.0. The van der Waals surface area contributed by atoms with Crippen molar-refractivity contribution in [1.29, 1.82) is 0 Å². The van der Waals surface area contributed by atoms with Crippen LogP contribution in [0.1, 0.15) is 23.0 Å². The summed E-state index contributed by atoms with van der Waals surface area (Å²) in [5.41, 5.74) is 5.36. The van der Waals surface area contributed by atoms with E-state index in [0.29, 0.717) is 28.1 Å². The predicted molar refractivity (Wildman–Crippen MR) is 120 cm³/mol. The lowest BCUT2D eigenvalue weighted by Crippen LogP contribution is -2.18. The van der Waals surface area contributed by atoms with Crippen molar-refractivity contribution in [2.45, 2.75) is 13.8 Å². The highest BCUT2D eigenvalue weighted by Crippen LogP contribution is 2.39. The number of halogens is 1. The van der Waals surface area contributed by atoms with E-state index in [4.69, 9.17) is 11.6 Å². The van der Waals surface area contributed by atoms with E-state index in [1.165, 1.54) is 13.0 Å². The number of anilines is 1. The smallest absolute Gasteiger partial charge is 0.253 e. The van der Waals surface area contributed by atoms with Gasteiger partial charge in [-0.3, -0.25) is 14.6 Å². The predicted octanol–water partition coefficient (Wildman–Crippen LogP) is 3.97. The Kier molecular flexibility index (Phi) is 5.39. The molecule has 0 spiro atoms. The highest BCUT2D eigenvalue weighted by molar-refractivity contribution is 6.30. The number of nitrogens with one attached hydrogen (secondary N) is 3. The van der Waals surface area contributed by atoms with Crippen molar-refractivity contribution in [3.05, 3.63) is 59.1 Å². The Balaban J connectivity index is 2.04. The largest absolute Gasteiger partial charge is 0.355 e. The molecule has 0 unspecified atom stereocenters. The highest BCUT2D eigenvalue weighted by Gasteiger charge is 2.22. The van der Waals surface area contributed by atoms with Gasteiger partial charge in [0.25, 0.3) is 5.91 Å². The Bertz CT molecular complexity index is 1310. The van der Waals surface area contributed by atoms with Crippen molar-refractivity contribution >= 4 is 40.3 Å². The molecule has 0 saturated heterocycles. The quantitative estimate of drug-likeness (QED) is 0.421. The van der Waals surface area contributed by atoms with Crippen LogP contribution in [0.3, 0.4) is 0 Å². The average Bonchev–Trinajstić information content (AvgIpc) is 3.12. The summed E-state index contributed by atoms with van der Waals surface area (Å²) in [7, 11) is 1.56. The van der Waals surface area contributed by atoms with Gasteiger partial charge in [-0.25, -0.2) is 9.97 Å². The number of H-pyrrole nitrogens is 1. The molecular weight excluding hydrogens is 416 g/mol. The van der Waals surface area contributed by atoms with E-state index in [0.717, 1.165) is 22.4 Å². The molecule has 4 heterocycles. The summed E-state index contributed by atoms with van der Waals surface area (Å²) in [6, 6.07) is 8.92. The van der Waals surface area contributed by atoms with Gasteiger partial charge in [0.2, 0.25) is 5.91 Å². The Morgan fingerprint density at radius 3 is 2.58 bits per heavy atom. The lowest BCUT2D eigenvalue weighted by molar-refractivity contribution is -0.114. The Morgan fingerprint density at radius 1 is 1.10 bits per heavy atom. The van der Waals surface area contributed by atoms with E-state index < -0.39 is 0 Å². The summed E-state index contributed by atoms with van der Waals surface area (Å²) in [4.78, 5) is 40.4. The molecule has 3 N–H and O–H groups in total. The van der Waals surface area contributed by atoms with E-state index >= 15 is 0 Å². The Hall–Kier alpha value is -3.78. The number of pyridine rings is 3. The third-order valence-corrected chi connectivity index (χ3v) is 4.94. The summed E-state index contributed by atoms with van der Waals surface area (Å²) < 4.78 is 0. The van der Waals surface area contributed by atoms with Crippen molar-refractivity contribution < 1.29 is 9.59 Å². The van der Waals surface area contributed by atoms with Crippen molar-refractivity contribution in [2.75, 3.05) is 12.4 Å². The maximum absolute atomic E-state index is 12.5. The van der Waals surface area contributed by atoms with Gasteiger partial charge in [0, 0.05) is 48.7 Å².